The molecule has 0 saturated heterocycles. The number of aromatic nitrogens is 5. The Labute approximate surface area is 191 Å². The van der Waals surface area contributed by atoms with E-state index in [1.807, 2.05) is 43.3 Å². The van der Waals surface area contributed by atoms with Gasteiger partial charge in [0, 0.05) is 24.9 Å². The van der Waals surface area contributed by atoms with Crippen molar-refractivity contribution in [3.8, 4) is 5.75 Å². The SMILES string of the molecule is CCCc1nc(NCc2ccc(OC)cc2)c2c(n1)n(Cc1ccnc(C)c1)c(=O)n2S. The molecule has 0 amide bonds. The number of anilines is 1. The Morgan fingerprint density at radius 2 is 1.91 bits per heavy atom. The van der Waals surface area contributed by atoms with Crippen LogP contribution in [0.1, 0.15) is 36.0 Å². The summed E-state index contributed by atoms with van der Waals surface area (Å²) in [6, 6.07) is 11.7. The van der Waals surface area contributed by atoms with Crippen LogP contribution < -0.4 is 15.7 Å². The van der Waals surface area contributed by atoms with Crippen LogP contribution in [0, 0.1) is 6.92 Å². The van der Waals surface area contributed by atoms with Crippen LogP contribution >= 0.6 is 12.8 Å². The molecule has 0 unspecified atom stereocenters. The van der Waals surface area contributed by atoms with Crippen molar-refractivity contribution in [2.45, 2.75) is 39.8 Å². The van der Waals surface area contributed by atoms with Crippen molar-refractivity contribution in [3.05, 3.63) is 75.7 Å². The Morgan fingerprint density at radius 3 is 2.59 bits per heavy atom. The van der Waals surface area contributed by atoms with E-state index < -0.39 is 0 Å². The highest BCUT2D eigenvalue weighted by atomic mass is 32.1. The molecule has 1 N–H and O–H groups in total. The summed E-state index contributed by atoms with van der Waals surface area (Å²) in [4.78, 5) is 26.7. The van der Waals surface area contributed by atoms with Crippen LogP contribution in [0.25, 0.3) is 11.2 Å². The van der Waals surface area contributed by atoms with E-state index in [1.54, 1.807) is 17.9 Å². The molecule has 4 rings (SSSR count). The Morgan fingerprint density at radius 1 is 1.12 bits per heavy atom. The third-order valence-electron chi connectivity index (χ3n) is 5.19. The summed E-state index contributed by atoms with van der Waals surface area (Å²) in [5.74, 6) is 2.08. The minimum atomic E-state index is -0.256. The number of rotatable bonds is 8. The van der Waals surface area contributed by atoms with Crippen LogP contribution in [0.2, 0.25) is 0 Å². The highest BCUT2D eigenvalue weighted by molar-refractivity contribution is 7.78. The average Bonchev–Trinajstić information content (AvgIpc) is 3.03. The highest BCUT2D eigenvalue weighted by Gasteiger charge is 2.19. The summed E-state index contributed by atoms with van der Waals surface area (Å²) >= 11 is 4.47. The molecule has 9 heteroatoms. The summed E-state index contributed by atoms with van der Waals surface area (Å²) in [5.41, 5.74) is 3.81. The van der Waals surface area contributed by atoms with Crippen molar-refractivity contribution in [1.29, 1.82) is 0 Å². The first-order chi connectivity index (χ1) is 15.5. The van der Waals surface area contributed by atoms with E-state index in [-0.39, 0.29) is 5.69 Å². The summed E-state index contributed by atoms with van der Waals surface area (Å²) in [5, 5.41) is 3.37. The molecule has 0 radical (unpaired) electrons. The lowest BCUT2D eigenvalue weighted by atomic mass is 10.2. The zero-order chi connectivity index (χ0) is 22.7. The summed E-state index contributed by atoms with van der Waals surface area (Å²) in [7, 11) is 1.64. The first-order valence-electron chi connectivity index (χ1n) is 10.5. The second-order valence-corrected chi connectivity index (χ2v) is 8.00. The number of fused-ring (bicyclic) bond motifs is 1. The fourth-order valence-corrected chi connectivity index (χ4v) is 3.88. The van der Waals surface area contributed by atoms with Crippen LogP contribution in [0.5, 0.6) is 5.75 Å². The molecule has 0 aliphatic rings. The minimum absolute atomic E-state index is 0.256. The van der Waals surface area contributed by atoms with E-state index in [1.165, 1.54) is 3.97 Å². The molecule has 0 aliphatic heterocycles. The molecule has 0 spiro atoms. The van der Waals surface area contributed by atoms with Gasteiger partial charge < -0.3 is 10.1 Å². The van der Waals surface area contributed by atoms with Crippen molar-refractivity contribution in [2.24, 2.45) is 0 Å². The van der Waals surface area contributed by atoms with Crippen molar-refractivity contribution < 1.29 is 4.74 Å². The number of pyridine rings is 1. The second kappa shape index (κ2) is 9.44. The number of hydrogen-bond acceptors (Lipinski definition) is 7. The van der Waals surface area contributed by atoms with Crippen LogP contribution in [-0.4, -0.2) is 30.6 Å². The number of ether oxygens (including phenoxy) is 1. The fraction of sp³-hybridized carbons (Fsp3) is 0.304. The van der Waals surface area contributed by atoms with E-state index in [4.69, 9.17) is 14.7 Å². The average molecular weight is 451 g/mol. The number of imidazole rings is 1. The van der Waals surface area contributed by atoms with Gasteiger partial charge in [-0.3, -0.25) is 9.55 Å². The standard InChI is InChI=1S/C23H26N6O2S/c1-4-5-19-26-21(25-13-16-6-8-18(31-3)9-7-16)20-22(27-19)28(23(30)29(20)32)14-17-10-11-24-15(2)12-17/h6-12,32H,4-5,13-14H2,1-3H3,(H,25,26,27). The van der Waals surface area contributed by atoms with Crippen molar-refractivity contribution in [3.63, 3.8) is 0 Å². The van der Waals surface area contributed by atoms with Crippen LogP contribution in [0.3, 0.4) is 0 Å². The molecule has 1 aromatic carbocycles. The number of hydrogen-bond donors (Lipinski definition) is 2. The Bertz CT molecular complexity index is 1300. The zero-order valence-corrected chi connectivity index (χ0v) is 19.3. The van der Waals surface area contributed by atoms with Crippen molar-refractivity contribution >= 4 is 29.8 Å². The van der Waals surface area contributed by atoms with Gasteiger partial charge >= 0.3 is 5.69 Å². The second-order valence-electron chi connectivity index (χ2n) is 7.60. The molecular formula is C23H26N6O2S. The Balaban J connectivity index is 1.75. The smallest absolute Gasteiger partial charge is 0.340 e. The molecule has 4 aromatic rings. The number of benzene rings is 1. The molecule has 3 aromatic heterocycles. The monoisotopic (exact) mass is 450 g/mol. The van der Waals surface area contributed by atoms with Gasteiger partial charge in [-0.2, -0.15) is 0 Å². The van der Waals surface area contributed by atoms with Crippen molar-refractivity contribution in [2.75, 3.05) is 12.4 Å². The van der Waals surface area contributed by atoms with E-state index >= 15 is 0 Å². The molecule has 166 valence electrons. The Kier molecular flexibility index (Phi) is 6.45. The largest absolute Gasteiger partial charge is 0.497 e. The Hall–Kier alpha value is -3.33. The highest BCUT2D eigenvalue weighted by Crippen LogP contribution is 2.23. The maximum absolute atomic E-state index is 13.1. The minimum Gasteiger partial charge on any atom is -0.497 e. The van der Waals surface area contributed by atoms with E-state index in [9.17, 15) is 4.79 Å². The van der Waals surface area contributed by atoms with E-state index in [0.717, 1.165) is 29.0 Å². The molecular weight excluding hydrogens is 424 g/mol. The number of nitrogens with zero attached hydrogens (tertiary/aromatic N) is 5. The van der Waals surface area contributed by atoms with Gasteiger partial charge in [0.25, 0.3) is 0 Å². The predicted molar refractivity (Wildman–Crippen MR) is 129 cm³/mol. The van der Waals surface area contributed by atoms with Crippen LogP contribution in [0.15, 0.2) is 47.4 Å². The maximum atomic E-state index is 13.1. The van der Waals surface area contributed by atoms with Gasteiger partial charge in [0.2, 0.25) is 0 Å². The van der Waals surface area contributed by atoms with Gasteiger partial charge in [-0.15, -0.1) is 0 Å². The van der Waals surface area contributed by atoms with Crippen LogP contribution in [0.4, 0.5) is 5.82 Å². The van der Waals surface area contributed by atoms with Gasteiger partial charge in [-0.25, -0.2) is 18.7 Å². The number of aryl methyl sites for hydroxylation is 2. The molecule has 0 atom stereocenters. The first-order valence-corrected chi connectivity index (χ1v) is 10.9. The lowest BCUT2D eigenvalue weighted by Gasteiger charge is -2.11. The fourth-order valence-electron chi connectivity index (χ4n) is 3.59. The quantitative estimate of drug-likeness (QED) is 0.399. The summed E-state index contributed by atoms with van der Waals surface area (Å²) in [6.07, 6.45) is 3.36. The summed E-state index contributed by atoms with van der Waals surface area (Å²) < 4.78 is 8.17. The molecule has 0 saturated carbocycles. The third-order valence-corrected chi connectivity index (χ3v) is 5.56. The van der Waals surface area contributed by atoms with Gasteiger partial charge in [-0.1, -0.05) is 31.9 Å². The van der Waals surface area contributed by atoms with Gasteiger partial charge in [-0.05, 0) is 48.7 Å². The number of methoxy groups -OCH3 is 1. The number of thiol groups is 1. The molecule has 8 nitrogen and oxygen atoms in total. The zero-order valence-electron chi connectivity index (χ0n) is 18.4. The molecule has 0 fully saturated rings. The van der Waals surface area contributed by atoms with E-state index in [2.05, 4.69) is 30.0 Å². The molecule has 0 aliphatic carbocycles. The molecule has 32 heavy (non-hydrogen) atoms. The van der Waals surface area contributed by atoms with Gasteiger partial charge in [0.15, 0.2) is 11.5 Å². The normalized spacial score (nSPS) is 11.1. The van der Waals surface area contributed by atoms with Gasteiger partial charge in [0.1, 0.15) is 17.1 Å². The van der Waals surface area contributed by atoms with Crippen LogP contribution in [-0.2, 0) is 19.5 Å². The first kappa shape index (κ1) is 21.9. The molecule has 0 bridgehead atoms. The topological polar surface area (TPSA) is 86.9 Å². The van der Waals surface area contributed by atoms with E-state index in [0.29, 0.717) is 42.3 Å². The van der Waals surface area contributed by atoms with Crippen molar-refractivity contribution in [1.82, 2.24) is 23.5 Å². The van der Waals surface area contributed by atoms with Gasteiger partial charge in [0.05, 0.1) is 13.7 Å². The lowest BCUT2D eigenvalue weighted by molar-refractivity contribution is 0.414. The number of nitrogens with one attached hydrogen (secondary N) is 1. The summed E-state index contributed by atoms with van der Waals surface area (Å²) in [6.45, 7) is 4.93. The molecule has 3 heterocycles. The third kappa shape index (κ3) is 4.47. The predicted octanol–water partition coefficient (Wildman–Crippen LogP) is 3.61. The maximum Gasteiger partial charge on any atom is 0.340 e. The lowest BCUT2D eigenvalue weighted by Crippen LogP contribution is -2.21.